The molecule has 8 nitrogen and oxygen atoms in total. The van der Waals surface area contributed by atoms with Crippen LogP contribution in [0.25, 0.3) is 10.4 Å². The summed E-state index contributed by atoms with van der Waals surface area (Å²) in [4.78, 5) is 30.6. The Morgan fingerprint density at radius 2 is 1.91 bits per heavy atom. The highest BCUT2D eigenvalue weighted by Crippen LogP contribution is 2.47. The van der Waals surface area contributed by atoms with Gasteiger partial charge in [0.2, 0.25) is 12.2 Å². The molecule has 2 rings (SSSR count). The smallest absolute Gasteiger partial charge is 0.235 e. The summed E-state index contributed by atoms with van der Waals surface area (Å²) in [5, 5.41) is 4.89. The van der Waals surface area contributed by atoms with E-state index in [1.165, 1.54) is 0 Å². The first-order valence-electron chi connectivity index (χ1n) is 7.25. The molecule has 1 heterocycles. The van der Waals surface area contributed by atoms with Crippen molar-refractivity contribution in [3.8, 4) is 0 Å². The van der Waals surface area contributed by atoms with Gasteiger partial charge in [-0.25, -0.2) is 24.6 Å². The topological polar surface area (TPSA) is 111 Å². The molecule has 0 spiro atoms. The Labute approximate surface area is 129 Å². The molecular weight excluding hydrogens is 284 g/mol. The van der Waals surface area contributed by atoms with Crippen molar-refractivity contribution in [2.75, 3.05) is 19.6 Å². The lowest BCUT2D eigenvalue weighted by molar-refractivity contribution is 0.0915. The molecule has 0 aromatic carbocycles. The minimum Gasteiger partial charge on any atom is -0.240 e. The van der Waals surface area contributed by atoms with Crippen LogP contribution in [0.1, 0.15) is 40.0 Å². The van der Waals surface area contributed by atoms with Gasteiger partial charge in [0.05, 0.1) is 12.6 Å². The molecule has 2 unspecified atom stereocenters. The first-order valence-corrected chi connectivity index (χ1v) is 7.25. The largest absolute Gasteiger partial charge is 0.240 e. The molecule has 0 bridgehead atoms. The van der Waals surface area contributed by atoms with Gasteiger partial charge in [0.1, 0.15) is 13.1 Å². The van der Waals surface area contributed by atoms with Crippen LogP contribution in [0, 0.1) is 10.8 Å². The standard InChI is InChI=1S/C12H18N2O2.C2H4N4/c1-11(2)4-10(14-9-16)5-12(3,6-11)7-13-8-15;3-4-5-6-1-2-6/h10H,4-7H2,1-3H3;1-2H2. The molecule has 8 heteroatoms. The minimum absolute atomic E-state index is 0.00750. The molecule has 1 saturated carbocycles. The molecule has 0 aromatic rings. The molecule has 0 amide bonds. The van der Waals surface area contributed by atoms with Gasteiger partial charge in [0, 0.05) is 0 Å². The summed E-state index contributed by atoms with van der Waals surface area (Å²) in [6.07, 6.45) is 5.88. The second-order valence-electron chi connectivity index (χ2n) is 6.97. The molecule has 1 aliphatic carbocycles. The van der Waals surface area contributed by atoms with E-state index in [4.69, 9.17) is 5.53 Å². The van der Waals surface area contributed by atoms with Crippen molar-refractivity contribution in [2.45, 2.75) is 46.1 Å². The zero-order valence-electron chi connectivity index (χ0n) is 13.3. The maximum Gasteiger partial charge on any atom is 0.235 e. The van der Waals surface area contributed by atoms with E-state index in [1.807, 2.05) is 0 Å². The van der Waals surface area contributed by atoms with Gasteiger partial charge in [-0.1, -0.05) is 20.8 Å². The fraction of sp³-hybridized carbons (Fsp3) is 0.857. The average Bonchev–Trinajstić information content (AvgIpc) is 3.20. The van der Waals surface area contributed by atoms with Crippen molar-refractivity contribution in [3.63, 3.8) is 0 Å². The van der Waals surface area contributed by atoms with Crippen LogP contribution in [-0.4, -0.2) is 42.8 Å². The predicted molar refractivity (Wildman–Crippen MR) is 81.4 cm³/mol. The number of hydrogen-bond donors (Lipinski definition) is 0. The molecule has 1 saturated heterocycles. The van der Waals surface area contributed by atoms with Gasteiger partial charge in [-0.3, -0.25) is 0 Å². The Hall–Kier alpha value is -2.13. The van der Waals surface area contributed by atoms with Crippen LogP contribution >= 0.6 is 0 Å². The van der Waals surface area contributed by atoms with Crippen LogP contribution < -0.4 is 0 Å². The Kier molecular flexibility index (Phi) is 6.32. The molecule has 0 radical (unpaired) electrons. The van der Waals surface area contributed by atoms with Crippen LogP contribution in [0.3, 0.4) is 0 Å². The maximum absolute atomic E-state index is 10.3. The summed E-state index contributed by atoms with van der Waals surface area (Å²) in [5.74, 6) is 0. The molecule has 120 valence electrons. The summed E-state index contributed by atoms with van der Waals surface area (Å²) in [5.41, 5.74) is 7.75. The van der Waals surface area contributed by atoms with Gasteiger partial charge < -0.3 is 0 Å². The van der Waals surface area contributed by atoms with E-state index in [2.05, 4.69) is 40.9 Å². The Balaban J connectivity index is 0.000000335. The van der Waals surface area contributed by atoms with E-state index >= 15 is 0 Å². The van der Waals surface area contributed by atoms with Gasteiger partial charge in [-0.15, -0.1) is 5.53 Å². The van der Waals surface area contributed by atoms with Gasteiger partial charge in [-0.2, -0.15) is 4.91 Å². The molecule has 2 atom stereocenters. The Morgan fingerprint density at radius 3 is 2.36 bits per heavy atom. The first kappa shape index (κ1) is 17.9. The van der Waals surface area contributed by atoms with E-state index < -0.39 is 0 Å². The van der Waals surface area contributed by atoms with E-state index in [0.29, 0.717) is 6.54 Å². The lowest BCUT2D eigenvalue weighted by atomic mass is 9.63. The number of isocyanates is 2. The zero-order valence-corrected chi connectivity index (χ0v) is 13.3. The minimum atomic E-state index is -0.0653. The molecule has 0 aromatic heterocycles. The third-order valence-corrected chi connectivity index (χ3v) is 3.77. The molecular formula is C14H22N6O2. The van der Waals surface area contributed by atoms with Gasteiger partial charge in [-0.05, 0) is 35.3 Å². The molecule has 1 aliphatic heterocycles. The highest BCUT2D eigenvalue weighted by Gasteiger charge is 2.41. The number of azide groups is 1. The van der Waals surface area contributed by atoms with Crippen molar-refractivity contribution in [1.29, 1.82) is 0 Å². The number of hydrogen-bond acceptors (Lipinski definition) is 5. The lowest BCUT2D eigenvalue weighted by Gasteiger charge is -2.44. The summed E-state index contributed by atoms with van der Waals surface area (Å²) >= 11 is 0. The monoisotopic (exact) mass is 306 g/mol. The first-order chi connectivity index (χ1) is 10.3. The maximum atomic E-state index is 10.3. The van der Waals surface area contributed by atoms with Crippen molar-refractivity contribution >= 4 is 12.2 Å². The van der Waals surface area contributed by atoms with Crippen LogP contribution in [0.15, 0.2) is 15.2 Å². The highest BCUT2D eigenvalue weighted by atomic mass is 16.1. The Bertz CT molecular complexity index is 525. The predicted octanol–water partition coefficient (Wildman–Crippen LogP) is 2.77. The number of nitrogens with zero attached hydrogens (tertiary/aromatic N) is 6. The lowest BCUT2D eigenvalue weighted by Crippen LogP contribution is -2.39. The van der Waals surface area contributed by atoms with Gasteiger partial charge in [0.25, 0.3) is 0 Å². The normalized spacial score (nSPS) is 28.0. The Morgan fingerprint density at radius 1 is 1.23 bits per heavy atom. The summed E-state index contributed by atoms with van der Waals surface area (Å²) in [6, 6.07) is 0.00750. The third-order valence-electron chi connectivity index (χ3n) is 3.77. The van der Waals surface area contributed by atoms with E-state index in [0.717, 1.165) is 32.4 Å². The summed E-state index contributed by atoms with van der Waals surface area (Å²) in [7, 11) is 0. The van der Waals surface area contributed by atoms with Crippen molar-refractivity contribution < 1.29 is 9.59 Å². The van der Waals surface area contributed by atoms with Gasteiger partial charge in [0.15, 0.2) is 0 Å². The van der Waals surface area contributed by atoms with E-state index in [9.17, 15) is 9.59 Å². The average molecular weight is 306 g/mol. The van der Waals surface area contributed by atoms with Crippen LogP contribution in [0.5, 0.6) is 0 Å². The third kappa shape index (κ3) is 6.55. The molecule has 0 N–H and O–H groups in total. The quantitative estimate of drug-likeness (QED) is 0.199. The number of aliphatic imine (C=N–C) groups is 2. The summed E-state index contributed by atoms with van der Waals surface area (Å²) < 4.78 is 0. The number of rotatable bonds is 4. The van der Waals surface area contributed by atoms with Crippen molar-refractivity contribution in [1.82, 2.24) is 5.01 Å². The highest BCUT2D eigenvalue weighted by molar-refractivity contribution is 5.34. The molecule has 2 fully saturated rings. The SMILES string of the molecule is CC1(C)CC(N=C=O)CC(C)(CN=C=O)C1.[N-]=[N+]=NN1CC1. The fourth-order valence-corrected chi connectivity index (χ4v) is 3.28. The zero-order chi connectivity index (χ0) is 16.6. The van der Waals surface area contributed by atoms with Crippen molar-refractivity contribution in [2.24, 2.45) is 26.0 Å². The van der Waals surface area contributed by atoms with Crippen LogP contribution in [0.2, 0.25) is 0 Å². The van der Waals surface area contributed by atoms with Crippen LogP contribution in [-0.2, 0) is 9.59 Å². The second kappa shape index (κ2) is 7.76. The second-order valence-corrected chi connectivity index (χ2v) is 6.97. The van der Waals surface area contributed by atoms with E-state index in [-0.39, 0.29) is 16.9 Å². The van der Waals surface area contributed by atoms with Gasteiger partial charge >= 0.3 is 0 Å². The fourth-order valence-electron chi connectivity index (χ4n) is 3.28. The van der Waals surface area contributed by atoms with Crippen LogP contribution in [0.4, 0.5) is 0 Å². The molecule has 2 aliphatic rings. The number of carbonyl (C=O) groups excluding carboxylic acids is 2. The summed E-state index contributed by atoms with van der Waals surface area (Å²) in [6.45, 7) is 8.73. The van der Waals surface area contributed by atoms with Crippen molar-refractivity contribution in [3.05, 3.63) is 10.4 Å². The molecule has 22 heavy (non-hydrogen) atoms. The van der Waals surface area contributed by atoms with E-state index in [1.54, 1.807) is 17.2 Å².